The first-order chi connectivity index (χ1) is 13.8. The van der Waals surface area contributed by atoms with E-state index in [0.717, 1.165) is 22.9 Å². The Morgan fingerprint density at radius 3 is 2.57 bits per heavy atom. The summed E-state index contributed by atoms with van der Waals surface area (Å²) >= 11 is 0. The number of hydrogen-bond donors (Lipinski definition) is 1. The van der Waals surface area contributed by atoms with Crippen LogP contribution in [0.25, 0.3) is 0 Å². The molecule has 0 aromatic heterocycles. The van der Waals surface area contributed by atoms with Crippen LogP contribution in [-0.2, 0) is 23.8 Å². The fraction of sp³-hybridized carbons (Fsp3) is 0.619. The summed E-state index contributed by atoms with van der Waals surface area (Å²) in [6, 6.07) is 5.17. The topological polar surface area (TPSA) is 102 Å². The number of aryl methyl sites for hydroxylation is 1. The Labute approximate surface area is 179 Å². The molecule has 0 spiro atoms. The molecule has 1 aliphatic rings. The highest BCUT2D eigenvalue weighted by atomic mass is 32.2. The number of carbonyl (C=O) groups is 2. The number of benzene rings is 1. The van der Waals surface area contributed by atoms with Gasteiger partial charge in [-0.2, -0.15) is 8.42 Å². The smallest absolute Gasteiger partial charge is 0.407 e. The normalized spacial score (nSPS) is 18.4. The zero-order chi connectivity index (χ0) is 22.7. The average molecular weight is 441 g/mol. The van der Waals surface area contributed by atoms with E-state index in [0.29, 0.717) is 12.8 Å². The van der Waals surface area contributed by atoms with E-state index in [-0.39, 0.29) is 19.0 Å². The molecule has 1 saturated heterocycles. The number of alkyl carbamates (subject to hydrolysis) is 1. The maximum atomic E-state index is 12.5. The predicted molar refractivity (Wildman–Crippen MR) is 114 cm³/mol. The molecule has 168 valence electrons. The monoisotopic (exact) mass is 440 g/mol. The predicted octanol–water partition coefficient (Wildman–Crippen LogP) is 2.84. The number of amides is 2. The highest BCUT2D eigenvalue weighted by molar-refractivity contribution is 7.86. The van der Waals surface area contributed by atoms with Gasteiger partial charge in [-0.1, -0.05) is 18.2 Å². The van der Waals surface area contributed by atoms with Crippen LogP contribution < -0.4 is 5.32 Å². The van der Waals surface area contributed by atoms with E-state index >= 15 is 0 Å². The van der Waals surface area contributed by atoms with Crippen LogP contribution in [0, 0.1) is 13.8 Å². The maximum absolute atomic E-state index is 12.5. The van der Waals surface area contributed by atoms with E-state index in [1.54, 1.807) is 25.7 Å². The van der Waals surface area contributed by atoms with Gasteiger partial charge in [0.05, 0.1) is 12.3 Å². The van der Waals surface area contributed by atoms with E-state index < -0.39 is 34.0 Å². The van der Waals surface area contributed by atoms with Gasteiger partial charge in [-0.25, -0.2) is 4.79 Å². The zero-order valence-electron chi connectivity index (χ0n) is 18.5. The first-order valence-corrected chi connectivity index (χ1v) is 11.8. The van der Waals surface area contributed by atoms with Crippen molar-refractivity contribution in [1.82, 2.24) is 10.2 Å². The lowest BCUT2D eigenvalue weighted by Gasteiger charge is -2.32. The molecule has 2 rings (SSSR count). The van der Waals surface area contributed by atoms with Crippen LogP contribution in [0.4, 0.5) is 4.79 Å². The first-order valence-electron chi connectivity index (χ1n) is 9.99. The van der Waals surface area contributed by atoms with E-state index in [9.17, 15) is 18.0 Å². The maximum Gasteiger partial charge on any atom is 0.407 e. The molecule has 9 heteroatoms. The number of likely N-dealkylation sites (tertiary alicyclic amines) is 1. The molecule has 0 radical (unpaired) electrons. The molecule has 1 aliphatic heterocycles. The van der Waals surface area contributed by atoms with Crippen molar-refractivity contribution in [2.75, 3.05) is 19.3 Å². The van der Waals surface area contributed by atoms with Gasteiger partial charge in [0.25, 0.3) is 10.1 Å². The average Bonchev–Trinajstić information content (AvgIpc) is 2.94. The molecule has 0 aliphatic carbocycles. The van der Waals surface area contributed by atoms with Gasteiger partial charge in [-0.3, -0.25) is 8.98 Å². The van der Waals surface area contributed by atoms with Crippen LogP contribution >= 0.6 is 0 Å². The summed E-state index contributed by atoms with van der Waals surface area (Å²) in [7, 11) is -3.76. The second-order valence-electron chi connectivity index (χ2n) is 8.63. The van der Waals surface area contributed by atoms with Crippen molar-refractivity contribution in [3.8, 4) is 0 Å². The van der Waals surface area contributed by atoms with Gasteiger partial charge in [-0.15, -0.1) is 0 Å². The molecular weight excluding hydrogens is 408 g/mol. The first kappa shape index (κ1) is 24.1. The Kier molecular flexibility index (Phi) is 7.52. The molecule has 0 bridgehead atoms. The minimum Gasteiger partial charge on any atom is -0.444 e. The van der Waals surface area contributed by atoms with Crippen LogP contribution in [0.2, 0.25) is 0 Å². The molecule has 2 amide bonds. The Morgan fingerprint density at radius 2 is 1.97 bits per heavy atom. The summed E-state index contributed by atoms with van der Waals surface area (Å²) < 4.78 is 34.7. The Bertz CT molecular complexity index is 891. The fourth-order valence-corrected chi connectivity index (χ4v) is 4.16. The third-order valence-electron chi connectivity index (χ3n) is 4.98. The minimum absolute atomic E-state index is 0.0987. The summed E-state index contributed by atoms with van der Waals surface area (Å²) in [5.41, 5.74) is 2.06. The van der Waals surface area contributed by atoms with Crippen molar-refractivity contribution >= 4 is 22.1 Å². The van der Waals surface area contributed by atoms with Crippen molar-refractivity contribution in [3.05, 3.63) is 34.9 Å². The van der Waals surface area contributed by atoms with Crippen molar-refractivity contribution in [2.45, 2.75) is 65.2 Å². The van der Waals surface area contributed by atoms with Crippen molar-refractivity contribution in [3.63, 3.8) is 0 Å². The van der Waals surface area contributed by atoms with Gasteiger partial charge < -0.3 is 15.0 Å². The lowest BCUT2D eigenvalue weighted by atomic mass is 9.94. The molecule has 2 atom stereocenters. The van der Waals surface area contributed by atoms with Gasteiger partial charge in [-0.05, 0) is 57.7 Å². The van der Waals surface area contributed by atoms with Crippen molar-refractivity contribution < 1.29 is 26.9 Å². The third-order valence-corrected chi connectivity index (χ3v) is 5.53. The number of rotatable bonds is 7. The molecule has 1 fully saturated rings. The zero-order valence-corrected chi connectivity index (χ0v) is 19.3. The van der Waals surface area contributed by atoms with E-state index in [4.69, 9.17) is 8.92 Å². The standard InChI is InChI=1S/C21H32N2O6S/c1-14-8-7-9-16(15(14)2)19(29-30(6,26)27)17-10-11-18(24)23(17)13-12-22-20(25)28-21(3,4)5/h7-9,17,19H,10-13H2,1-6H3,(H,22,25)/t17-,19+/m0/s1. The second-order valence-corrected chi connectivity index (χ2v) is 10.2. The highest BCUT2D eigenvalue weighted by Gasteiger charge is 2.40. The highest BCUT2D eigenvalue weighted by Crippen LogP contribution is 2.36. The Balaban J connectivity index is 2.21. The largest absolute Gasteiger partial charge is 0.444 e. The van der Waals surface area contributed by atoms with Gasteiger partial charge in [0, 0.05) is 19.5 Å². The van der Waals surface area contributed by atoms with Crippen LogP contribution in [0.5, 0.6) is 0 Å². The van der Waals surface area contributed by atoms with E-state index in [1.807, 2.05) is 32.0 Å². The quantitative estimate of drug-likeness (QED) is 0.654. The molecule has 1 aromatic rings. The molecule has 1 aromatic carbocycles. The van der Waals surface area contributed by atoms with E-state index in [1.165, 1.54) is 0 Å². The van der Waals surface area contributed by atoms with Crippen LogP contribution in [0.15, 0.2) is 18.2 Å². The molecule has 30 heavy (non-hydrogen) atoms. The Hall–Kier alpha value is -2.13. The summed E-state index contributed by atoms with van der Waals surface area (Å²) in [6.07, 6.45) is 0.401. The van der Waals surface area contributed by atoms with Gasteiger partial charge >= 0.3 is 6.09 Å². The van der Waals surface area contributed by atoms with Gasteiger partial charge in [0.15, 0.2) is 0 Å². The van der Waals surface area contributed by atoms with Crippen LogP contribution in [-0.4, -0.2) is 56.3 Å². The van der Waals surface area contributed by atoms with Crippen LogP contribution in [0.1, 0.15) is 56.4 Å². The summed E-state index contributed by atoms with van der Waals surface area (Å²) in [5.74, 6) is -0.0987. The molecule has 0 unspecified atom stereocenters. The molecule has 1 N–H and O–H groups in total. The lowest BCUT2D eigenvalue weighted by Crippen LogP contribution is -2.44. The SMILES string of the molecule is Cc1cccc([C@@H](OS(C)(=O)=O)[C@@H]2CCC(=O)N2CCNC(=O)OC(C)(C)C)c1C. The summed E-state index contributed by atoms with van der Waals surface area (Å²) in [5, 5.41) is 2.64. The Morgan fingerprint density at radius 1 is 1.30 bits per heavy atom. The summed E-state index contributed by atoms with van der Waals surface area (Å²) in [4.78, 5) is 26.0. The lowest BCUT2D eigenvalue weighted by molar-refractivity contribution is -0.130. The molecule has 8 nitrogen and oxygen atoms in total. The molecule has 0 saturated carbocycles. The van der Waals surface area contributed by atoms with E-state index in [2.05, 4.69) is 5.32 Å². The van der Waals surface area contributed by atoms with Gasteiger partial charge in [0.2, 0.25) is 5.91 Å². The number of hydrogen-bond acceptors (Lipinski definition) is 6. The number of nitrogens with one attached hydrogen (secondary N) is 1. The fourth-order valence-electron chi connectivity index (χ4n) is 3.55. The molecule has 1 heterocycles. The van der Waals surface area contributed by atoms with Crippen molar-refractivity contribution in [2.24, 2.45) is 0 Å². The summed E-state index contributed by atoms with van der Waals surface area (Å²) in [6.45, 7) is 9.58. The number of carbonyl (C=O) groups excluding carboxylic acids is 2. The van der Waals surface area contributed by atoms with Crippen molar-refractivity contribution in [1.29, 1.82) is 0 Å². The van der Waals surface area contributed by atoms with Gasteiger partial charge in [0.1, 0.15) is 11.7 Å². The second kappa shape index (κ2) is 9.34. The molecular formula is C21H32N2O6S. The third kappa shape index (κ3) is 6.70. The van der Waals surface area contributed by atoms with Crippen LogP contribution in [0.3, 0.4) is 0 Å². The number of nitrogens with zero attached hydrogens (tertiary/aromatic N) is 1. The number of ether oxygens (including phenoxy) is 1. The minimum atomic E-state index is -3.76.